The predicted octanol–water partition coefficient (Wildman–Crippen LogP) is 3.93. The topological polar surface area (TPSA) is 74.7 Å². The molecule has 4 rings (SSSR count). The van der Waals surface area contributed by atoms with Gasteiger partial charge in [-0.15, -0.1) is 0 Å². The molecular formula is C22H15NO5. The fourth-order valence-corrected chi connectivity index (χ4v) is 2.76. The Hall–Kier alpha value is -3.93. The van der Waals surface area contributed by atoms with Crippen LogP contribution in [-0.4, -0.2) is 23.8 Å². The Morgan fingerprint density at radius 2 is 1.96 bits per heavy atom. The van der Waals surface area contributed by atoms with Gasteiger partial charge in [0.05, 0.1) is 18.2 Å². The second-order valence-electron chi connectivity index (χ2n) is 6.01. The summed E-state index contributed by atoms with van der Waals surface area (Å²) in [6.07, 6.45) is 4.91. The van der Waals surface area contributed by atoms with Crippen molar-refractivity contribution in [1.29, 1.82) is 0 Å². The number of pyridine rings is 1. The second-order valence-corrected chi connectivity index (χ2v) is 6.01. The van der Waals surface area contributed by atoms with Crippen LogP contribution in [0, 0.1) is 0 Å². The van der Waals surface area contributed by atoms with E-state index < -0.39 is 5.97 Å². The molecule has 2 heterocycles. The lowest BCUT2D eigenvalue weighted by atomic mass is 10.1. The van der Waals surface area contributed by atoms with Crippen LogP contribution >= 0.6 is 0 Å². The number of nitrogens with zero attached hydrogens (tertiary/aromatic N) is 1. The summed E-state index contributed by atoms with van der Waals surface area (Å²) in [5.74, 6) is 0.610. The van der Waals surface area contributed by atoms with Gasteiger partial charge in [0.2, 0.25) is 5.78 Å². The summed E-state index contributed by atoms with van der Waals surface area (Å²) in [6, 6.07) is 14.9. The van der Waals surface area contributed by atoms with E-state index in [0.717, 1.165) is 5.56 Å². The van der Waals surface area contributed by atoms with Gasteiger partial charge in [-0.05, 0) is 48.0 Å². The number of hydrogen-bond donors (Lipinski definition) is 0. The first-order chi connectivity index (χ1) is 13.6. The van der Waals surface area contributed by atoms with Crippen LogP contribution in [0.1, 0.15) is 26.3 Å². The van der Waals surface area contributed by atoms with Crippen molar-refractivity contribution in [2.24, 2.45) is 0 Å². The standard InChI is InChI=1S/C22H15NO5/c1-26-16-6-2-5-15(11-16)22(25)27-17-7-8-18-19(12-17)28-20(21(18)24)10-14-4-3-9-23-13-14/h2-13H,1H3/b20-10-. The zero-order valence-electron chi connectivity index (χ0n) is 14.9. The summed E-state index contributed by atoms with van der Waals surface area (Å²) in [5, 5.41) is 0. The molecule has 0 unspecified atom stereocenters. The van der Waals surface area contributed by atoms with Crippen molar-refractivity contribution in [3.8, 4) is 17.2 Å². The number of allylic oxidation sites excluding steroid dienone is 1. The molecule has 0 aliphatic carbocycles. The normalized spacial score (nSPS) is 13.8. The molecule has 28 heavy (non-hydrogen) atoms. The molecule has 0 N–H and O–H groups in total. The first kappa shape index (κ1) is 17.5. The number of carbonyl (C=O) groups excluding carboxylic acids is 2. The Kier molecular flexibility index (Phi) is 4.60. The summed E-state index contributed by atoms with van der Waals surface area (Å²) >= 11 is 0. The average Bonchev–Trinajstić information content (AvgIpc) is 3.03. The van der Waals surface area contributed by atoms with Crippen LogP contribution in [0.2, 0.25) is 0 Å². The highest BCUT2D eigenvalue weighted by molar-refractivity contribution is 6.14. The number of aromatic nitrogens is 1. The van der Waals surface area contributed by atoms with Crippen LogP contribution in [0.4, 0.5) is 0 Å². The number of carbonyl (C=O) groups is 2. The number of Topliss-reactive ketones (excluding diaryl/α,β-unsaturated/α-hetero) is 1. The summed E-state index contributed by atoms with van der Waals surface area (Å²) < 4.78 is 16.2. The monoisotopic (exact) mass is 373 g/mol. The number of methoxy groups -OCH3 is 1. The van der Waals surface area contributed by atoms with Crippen molar-refractivity contribution < 1.29 is 23.8 Å². The smallest absolute Gasteiger partial charge is 0.343 e. The number of ketones is 1. The fourth-order valence-electron chi connectivity index (χ4n) is 2.76. The van der Waals surface area contributed by atoms with E-state index in [4.69, 9.17) is 14.2 Å². The van der Waals surface area contributed by atoms with Crippen molar-refractivity contribution in [1.82, 2.24) is 4.98 Å². The highest BCUT2D eigenvalue weighted by Crippen LogP contribution is 2.35. The predicted molar refractivity (Wildman–Crippen MR) is 102 cm³/mol. The van der Waals surface area contributed by atoms with E-state index in [-0.39, 0.29) is 17.3 Å². The van der Waals surface area contributed by atoms with Gasteiger partial charge >= 0.3 is 5.97 Å². The van der Waals surface area contributed by atoms with E-state index in [1.807, 2.05) is 6.07 Å². The zero-order chi connectivity index (χ0) is 19.5. The van der Waals surface area contributed by atoms with Crippen molar-refractivity contribution >= 4 is 17.8 Å². The van der Waals surface area contributed by atoms with Crippen LogP contribution in [0.25, 0.3) is 6.08 Å². The molecular weight excluding hydrogens is 358 g/mol. The molecule has 138 valence electrons. The number of hydrogen-bond acceptors (Lipinski definition) is 6. The SMILES string of the molecule is COc1cccc(C(=O)Oc2ccc3c(c2)O/C(=C\c2cccnc2)C3=O)c1. The Morgan fingerprint density at radius 1 is 1.07 bits per heavy atom. The van der Waals surface area contributed by atoms with E-state index in [1.165, 1.54) is 13.2 Å². The van der Waals surface area contributed by atoms with E-state index >= 15 is 0 Å². The quantitative estimate of drug-likeness (QED) is 0.392. The van der Waals surface area contributed by atoms with E-state index in [9.17, 15) is 9.59 Å². The minimum absolute atomic E-state index is 0.194. The lowest BCUT2D eigenvalue weighted by molar-refractivity contribution is 0.0734. The minimum Gasteiger partial charge on any atom is -0.497 e. The van der Waals surface area contributed by atoms with Crippen molar-refractivity contribution in [3.05, 3.63) is 89.4 Å². The summed E-state index contributed by atoms with van der Waals surface area (Å²) in [7, 11) is 1.52. The number of benzene rings is 2. The fraction of sp³-hybridized carbons (Fsp3) is 0.0455. The van der Waals surface area contributed by atoms with Gasteiger partial charge in [0.25, 0.3) is 0 Å². The molecule has 0 spiro atoms. The molecule has 1 aromatic heterocycles. The molecule has 6 heteroatoms. The third-order valence-electron chi connectivity index (χ3n) is 4.14. The van der Waals surface area contributed by atoms with Crippen LogP contribution in [-0.2, 0) is 0 Å². The lowest BCUT2D eigenvalue weighted by Gasteiger charge is -2.07. The van der Waals surface area contributed by atoms with E-state index in [2.05, 4.69) is 4.98 Å². The maximum absolute atomic E-state index is 12.5. The molecule has 0 saturated carbocycles. The lowest BCUT2D eigenvalue weighted by Crippen LogP contribution is -2.08. The van der Waals surface area contributed by atoms with Crippen molar-refractivity contribution in [2.45, 2.75) is 0 Å². The first-order valence-corrected chi connectivity index (χ1v) is 8.48. The Bertz CT molecular complexity index is 1090. The molecule has 0 fully saturated rings. The molecule has 6 nitrogen and oxygen atoms in total. The Balaban J connectivity index is 1.54. The van der Waals surface area contributed by atoms with E-state index in [0.29, 0.717) is 22.6 Å². The zero-order valence-corrected chi connectivity index (χ0v) is 14.9. The first-order valence-electron chi connectivity index (χ1n) is 8.48. The number of rotatable bonds is 4. The molecule has 0 saturated heterocycles. The summed E-state index contributed by atoms with van der Waals surface area (Å²) in [4.78, 5) is 28.9. The number of ether oxygens (including phenoxy) is 3. The van der Waals surface area contributed by atoms with Crippen LogP contribution in [0.3, 0.4) is 0 Å². The third-order valence-corrected chi connectivity index (χ3v) is 4.14. The van der Waals surface area contributed by atoms with Crippen LogP contribution < -0.4 is 14.2 Å². The van der Waals surface area contributed by atoms with Crippen LogP contribution in [0.5, 0.6) is 17.2 Å². The van der Waals surface area contributed by atoms with E-state index in [1.54, 1.807) is 60.9 Å². The molecule has 2 aromatic carbocycles. The largest absolute Gasteiger partial charge is 0.497 e. The number of esters is 1. The highest BCUT2D eigenvalue weighted by atomic mass is 16.5. The highest BCUT2D eigenvalue weighted by Gasteiger charge is 2.28. The molecule has 1 aliphatic rings. The van der Waals surface area contributed by atoms with Gasteiger partial charge in [-0.25, -0.2) is 4.79 Å². The van der Waals surface area contributed by atoms with Crippen molar-refractivity contribution in [2.75, 3.05) is 7.11 Å². The summed E-state index contributed by atoms with van der Waals surface area (Å²) in [6.45, 7) is 0. The molecule has 0 radical (unpaired) electrons. The molecule has 3 aromatic rings. The maximum atomic E-state index is 12.5. The average molecular weight is 373 g/mol. The Morgan fingerprint density at radius 3 is 2.75 bits per heavy atom. The van der Waals surface area contributed by atoms with Crippen molar-refractivity contribution in [3.63, 3.8) is 0 Å². The molecule has 1 aliphatic heterocycles. The molecule has 0 amide bonds. The minimum atomic E-state index is -0.533. The maximum Gasteiger partial charge on any atom is 0.343 e. The third kappa shape index (κ3) is 3.48. The number of fused-ring (bicyclic) bond motifs is 1. The van der Waals surface area contributed by atoms with Gasteiger partial charge in [-0.3, -0.25) is 9.78 Å². The molecule has 0 atom stereocenters. The van der Waals surface area contributed by atoms with Gasteiger partial charge in [0.15, 0.2) is 5.76 Å². The Labute approximate surface area is 161 Å². The summed E-state index contributed by atoms with van der Waals surface area (Å²) in [5.41, 5.74) is 1.52. The molecule has 0 bridgehead atoms. The second kappa shape index (κ2) is 7.36. The van der Waals surface area contributed by atoms with Gasteiger partial charge in [-0.2, -0.15) is 0 Å². The van der Waals surface area contributed by atoms with Gasteiger partial charge < -0.3 is 14.2 Å². The van der Waals surface area contributed by atoms with Gasteiger partial charge in [0, 0.05) is 18.5 Å². The van der Waals surface area contributed by atoms with Crippen LogP contribution in [0.15, 0.2) is 72.8 Å². The van der Waals surface area contributed by atoms with Gasteiger partial charge in [0.1, 0.15) is 17.2 Å². The van der Waals surface area contributed by atoms with Gasteiger partial charge in [-0.1, -0.05) is 12.1 Å².